The zero-order valence-electron chi connectivity index (χ0n) is 23.9. The zero-order chi connectivity index (χ0) is 29.9. The Hall–Kier alpha value is -3.96. The van der Waals surface area contributed by atoms with Gasteiger partial charge in [0.15, 0.2) is 0 Å². The predicted octanol–water partition coefficient (Wildman–Crippen LogP) is 6.80. The molecule has 0 aliphatic carbocycles. The number of benzene rings is 3. The van der Waals surface area contributed by atoms with E-state index in [0.717, 1.165) is 41.2 Å². The van der Waals surface area contributed by atoms with Crippen LogP contribution in [0, 0.1) is 0 Å². The summed E-state index contributed by atoms with van der Waals surface area (Å²) in [5, 5.41) is 11.3. The fourth-order valence-corrected chi connectivity index (χ4v) is 7.52. The topological polar surface area (TPSA) is 115 Å². The van der Waals surface area contributed by atoms with E-state index in [1.165, 1.54) is 4.31 Å². The van der Waals surface area contributed by atoms with Gasteiger partial charge in [0, 0.05) is 35.1 Å². The zero-order valence-corrected chi connectivity index (χ0v) is 25.5. The maximum Gasteiger partial charge on any atom is 0.353 e. The Morgan fingerprint density at radius 2 is 1.76 bits per heavy atom. The summed E-state index contributed by atoms with van der Waals surface area (Å²) in [6.45, 7) is 4.62. The highest BCUT2D eigenvalue weighted by Crippen LogP contribution is 2.42. The highest BCUT2D eigenvalue weighted by atomic mass is 32.2. The van der Waals surface area contributed by atoms with Crippen molar-refractivity contribution in [1.82, 2.24) is 13.3 Å². The van der Waals surface area contributed by atoms with E-state index < -0.39 is 16.0 Å². The van der Waals surface area contributed by atoms with E-state index in [0.29, 0.717) is 52.9 Å². The van der Waals surface area contributed by atoms with E-state index in [1.807, 2.05) is 62.4 Å². The van der Waals surface area contributed by atoms with Crippen molar-refractivity contribution in [1.29, 1.82) is 0 Å². The molecule has 2 heterocycles. The molecule has 42 heavy (non-hydrogen) atoms. The minimum Gasteiger partial charge on any atom is -0.496 e. The van der Waals surface area contributed by atoms with E-state index >= 15 is 0 Å². The molecule has 2 aromatic heterocycles. The van der Waals surface area contributed by atoms with Crippen molar-refractivity contribution in [2.75, 3.05) is 23.7 Å². The number of hydrogen-bond donors (Lipinski definition) is 1. The molecule has 0 aliphatic rings. The number of carboxylic acids is 1. The number of aromatic carboxylic acids is 1. The number of rotatable bonds is 13. The van der Waals surface area contributed by atoms with Gasteiger partial charge in [0.05, 0.1) is 30.3 Å². The van der Waals surface area contributed by atoms with Gasteiger partial charge < -0.3 is 14.4 Å². The van der Waals surface area contributed by atoms with Crippen LogP contribution in [0.1, 0.15) is 55.6 Å². The Morgan fingerprint density at radius 1 is 1.00 bits per heavy atom. The summed E-state index contributed by atoms with van der Waals surface area (Å²) in [6, 6.07) is 18.4. The SMILES string of the molecule is CCCCN(c1ccc2c(c1)c(-c1ccccc1OC)c(C(=O)O)n2Cc1ccc2nsnc2c1)S(=O)(=O)CCCC. The third-order valence-corrected chi connectivity index (χ3v) is 9.81. The van der Waals surface area contributed by atoms with Gasteiger partial charge in [-0.25, -0.2) is 13.2 Å². The van der Waals surface area contributed by atoms with E-state index in [4.69, 9.17) is 4.74 Å². The van der Waals surface area contributed by atoms with E-state index in [1.54, 1.807) is 23.8 Å². The molecule has 1 N–H and O–H groups in total. The number of nitrogens with zero attached hydrogens (tertiary/aromatic N) is 4. The second-order valence-electron chi connectivity index (χ2n) is 10.2. The van der Waals surface area contributed by atoms with Crippen molar-refractivity contribution in [3.05, 3.63) is 71.9 Å². The molecule has 3 aromatic carbocycles. The second kappa shape index (κ2) is 12.5. The molecule has 0 bridgehead atoms. The number of carbonyl (C=O) groups is 1. The number of ether oxygens (including phenoxy) is 1. The molecule has 0 unspecified atom stereocenters. The molecule has 220 valence electrons. The molecule has 0 aliphatic heterocycles. The van der Waals surface area contributed by atoms with Crippen molar-refractivity contribution >= 4 is 55.3 Å². The van der Waals surface area contributed by atoms with Gasteiger partial charge in [0.1, 0.15) is 22.5 Å². The largest absolute Gasteiger partial charge is 0.496 e. The van der Waals surface area contributed by atoms with Gasteiger partial charge in [0.2, 0.25) is 10.0 Å². The standard InChI is InChI=1S/C31H34N4O5S2/c1-4-6-16-35(42(38,39)17-7-5-2)22-13-15-27-24(19-22)29(23-10-8-9-11-28(23)40-3)30(31(36)37)34(27)20-21-12-14-25-26(18-21)33-41-32-25/h8-15,18-19H,4-7,16-17,20H2,1-3H3,(H,36,37). The van der Waals surface area contributed by atoms with Gasteiger partial charge >= 0.3 is 5.97 Å². The molecule has 5 rings (SSSR count). The Balaban J connectivity index is 1.77. The lowest BCUT2D eigenvalue weighted by atomic mass is 10.0. The molecule has 0 saturated carbocycles. The number of anilines is 1. The summed E-state index contributed by atoms with van der Waals surface area (Å²) in [5.74, 6) is -0.513. The van der Waals surface area contributed by atoms with Crippen LogP contribution in [0.3, 0.4) is 0 Å². The lowest BCUT2D eigenvalue weighted by Crippen LogP contribution is -2.34. The van der Waals surface area contributed by atoms with Gasteiger partial charge in [0.25, 0.3) is 0 Å². The van der Waals surface area contributed by atoms with Crippen LogP contribution in [0.15, 0.2) is 60.7 Å². The molecule has 5 aromatic rings. The van der Waals surface area contributed by atoms with Gasteiger partial charge in [-0.15, -0.1) is 0 Å². The number of aromatic nitrogens is 3. The maximum atomic E-state index is 13.5. The smallest absolute Gasteiger partial charge is 0.353 e. The Morgan fingerprint density at radius 3 is 2.50 bits per heavy atom. The number of para-hydroxylation sites is 1. The van der Waals surface area contributed by atoms with Crippen molar-refractivity contribution in [2.24, 2.45) is 0 Å². The first-order chi connectivity index (χ1) is 20.3. The number of unbranched alkanes of at least 4 members (excludes halogenated alkanes) is 2. The third kappa shape index (κ3) is 5.71. The number of fused-ring (bicyclic) bond motifs is 2. The first-order valence-electron chi connectivity index (χ1n) is 14.0. The summed E-state index contributed by atoms with van der Waals surface area (Å²) >= 11 is 1.13. The average molecular weight is 607 g/mol. The Kier molecular flexibility index (Phi) is 8.79. The minimum absolute atomic E-state index is 0.0555. The summed E-state index contributed by atoms with van der Waals surface area (Å²) in [4.78, 5) is 13.0. The molecule has 11 heteroatoms. The van der Waals surface area contributed by atoms with Gasteiger partial charge in [-0.1, -0.05) is 51.0 Å². The van der Waals surface area contributed by atoms with E-state index in [-0.39, 0.29) is 18.0 Å². The van der Waals surface area contributed by atoms with Crippen molar-refractivity contribution in [3.8, 4) is 16.9 Å². The molecule has 0 fully saturated rings. The normalized spacial score (nSPS) is 11.8. The fraction of sp³-hybridized carbons (Fsp3) is 0.323. The van der Waals surface area contributed by atoms with Crippen molar-refractivity contribution in [2.45, 2.75) is 46.1 Å². The van der Waals surface area contributed by atoms with Crippen LogP contribution in [0.2, 0.25) is 0 Å². The second-order valence-corrected chi connectivity index (χ2v) is 12.7. The number of carboxylic acid groups (broad SMARTS) is 1. The van der Waals surface area contributed by atoms with Crippen LogP contribution in [-0.4, -0.2) is 52.2 Å². The summed E-state index contributed by atoms with van der Waals surface area (Å²) in [6.07, 6.45) is 2.88. The average Bonchev–Trinajstić information content (AvgIpc) is 3.58. The molecule has 0 spiro atoms. The van der Waals surface area contributed by atoms with Crippen molar-refractivity contribution < 1.29 is 23.1 Å². The first kappa shape index (κ1) is 29.5. The maximum absolute atomic E-state index is 13.5. The third-order valence-electron chi connectivity index (χ3n) is 7.38. The van der Waals surface area contributed by atoms with Crippen LogP contribution >= 0.6 is 11.7 Å². The lowest BCUT2D eigenvalue weighted by molar-refractivity contribution is 0.0687. The molecule has 0 radical (unpaired) electrons. The van der Waals surface area contributed by atoms with Crippen LogP contribution in [-0.2, 0) is 16.6 Å². The summed E-state index contributed by atoms with van der Waals surface area (Å²) < 4.78 is 44.5. The highest BCUT2D eigenvalue weighted by molar-refractivity contribution is 7.92. The Labute approximate surface area is 249 Å². The summed E-state index contributed by atoms with van der Waals surface area (Å²) in [7, 11) is -2.03. The predicted molar refractivity (Wildman–Crippen MR) is 168 cm³/mol. The molecular weight excluding hydrogens is 572 g/mol. The van der Waals surface area contributed by atoms with Gasteiger partial charge in [-0.3, -0.25) is 4.31 Å². The number of sulfonamides is 1. The van der Waals surface area contributed by atoms with Gasteiger partial charge in [-0.2, -0.15) is 8.75 Å². The number of hydrogen-bond acceptors (Lipinski definition) is 7. The lowest BCUT2D eigenvalue weighted by Gasteiger charge is -2.25. The molecule has 0 saturated heterocycles. The van der Waals surface area contributed by atoms with E-state index in [9.17, 15) is 18.3 Å². The quantitative estimate of drug-likeness (QED) is 0.157. The van der Waals surface area contributed by atoms with Gasteiger partial charge in [-0.05, 0) is 54.8 Å². The summed E-state index contributed by atoms with van der Waals surface area (Å²) in [5.41, 5.74) is 4.80. The van der Waals surface area contributed by atoms with Crippen LogP contribution in [0.5, 0.6) is 5.75 Å². The molecule has 0 amide bonds. The molecule has 9 nitrogen and oxygen atoms in total. The molecular formula is C31H34N4O5S2. The fourth-order valence-electron chi connectivity index (χ4n) is 5.28. The highest BCUT2D eigenvalue weighted by Gasteiger charge is 2.28. The Bertz CT molecular complexity index is 1850. The minimum atomic E-state index is -3.58. The molecule has 0 atom stereocenters. The van der Waals surface area contributed by atoms with Crippen LogP contribution in [0.4, 0.5) is 5.69 Å². The van der Waals surface area contributed by atoms with Crippen molar-refractivity contribution in [3.63, 3.8) is 0 Å². The van der Waals surface area contributed by atoms with Crippen LogP contribution < -0.4 is 9.04 Å². The number of methoxy groups -OCH3 is 1. The van der Waals surface area contributed by atoms with Crippen LogP contribution in [0.25, 0.3) is 33.1 Å². The van der Waals surface area contributed by atoms with E-state index in [2.05, 4.69) is 8.75 Å². The monoisotopic (exact) mass is 606 g/mol. The first-order valence-corrected chi connectivity index (χ1v) is 16.4.